The van der Waals surface area contributed by atoms with Crippen molar-refractivity contribution in [2.45, 2.75) is 32.3 Å². The second kappa shape index (κ2) is 3.74. The largest absolute Gasteiger partial charge is 0.451 e. The van der Waals surface area contributed by atoms with E-state index in [2.05, 4.69) is 0 Å². The lowest BCUT2D eigenvalue weighted by molar-refractivity contribution is -0.151. The van der Waals surface area contributed by atoms with Crippen LogP contribution in [-0.2, 0) is 16.0 Å². The lowest BCUT2D eigenvalue weighted by Crippen LogP contribution is -2.43. The number of Topliss-reactive ketones (excluding diaryl/α,β-unsaturated/α-hetero) is 1. The molecule has 0 fully saturated rings. The van der Waals surface area contributed by atoms with Crippen LogP contribution < -0.4 is 0 Å². The van der Waals surface area contributed by atoms with Gasteiger partial charge in [-0.1, -0.05) is 24.3 Å². The molecule has 3 heteroatoms. The predicted octanol–water partition coefficient (Wildman–Crippen LogP) is 2.14. The summed E-state index contributed by atoms with van der Waals surface area (Å²) in [5, 5.41) is 0. The number of benzene rings is 1. The number of hydrogen-bond donors (Lipinski definition) is 0. The molecule has 16 heavy (non-hydrogen) atoms. The lowest BCUT2D eigenvalue weighted by Gasteiger charge is -2.32. The van der Waals surface area contributed by atoms with Crippen molar-refractivity contribution in [1.82, 2.24) is 0 Å². The third-order valence-corrected chi connectivity index (χ3v) is 2.98. The zero-order chi connectivity index (χ0) is 11.8. The minimum atomic E-state index is -0.986. The molecule has 3 nitrogen and oxygen atoms in total. The summed E-state index contributed by atoms with van der Waals surface area (Å²) < 4.78 is 5.16. The molecule has 0 aromatic heterocycles. The Labute approximate surface area is 94.4 Å². The molecule has 1 aromatic rings. The van der Waals surface area contributed by atoms with Gasteiger partial charge >= 0.3 is 5.97 Å². The zero-order valence-corrected chi connectivity index (χ0v) is 9.45. The summed E-state index contributed by atoms with van der Waals surface area (Å²) >= 11 is 0. The van der Waals surface area contributed by atoms with Crippen LogP contribution in [0.25, 0.3) is 0 Å². The molecule has 0 amide bonds. The number of ether oxygens (including phenoxy) is 1. The second-order valence-corrected chi connectivity index (χ2v) is 4.31. The number of carbonyl (C=O) groups excluding carboxylic acids is 2. The van der Waals surface area contributed by atoms with Crippen molar-refractivity contribution in [2.75, 3.05) is 0 Å². The fourth-order valence-electron chi connectivity index (χ4n) is 2.15. The fraction of sp³-hybridized carbons (Fsp3) is 0.385. The van der Waals surface area contributed by atoms with Crippen molar-refractivity contribution in [3.8, 4) is 0 Å². The maximum atomic E-state index is 12.2. The van der Waals surface area contributed by atoms with Crippen molar-refractivity contribution in [3.05, 3.63) is 35.4 Å². The molecule has 1 aromatic carbocycles. The third kappa shape index (κ3) is 1.73. The highest BCUT2D eigenvalue weighted by Crippen LogP contribution is 2.31. The quantitative estimate of drug-likeness (QED) is 0.678. The van der Waals surface area contributed by atoms with E-state index in [1.54, 1.807) is 13.0 Å². The molecule has 0 heterocycles. The van der Waals surface area contributed by atoms with Gasteiger partial charge in [0, 0.05) is 12.5 Å². The summed E-state index contributed by atoms with van der Waals surface area (Å²) in [6.45, 7) is 3.02. The Kier molecular flexibility index (Phi) is 2.54. The topological polar surface area (TPSA) is 43.4 Å². The molecular formula is C13H14O3. The third-order valence-electron chi connectivity index (χ3n) is 2.98. The van der Waals surface area contributed by atoms with E-state index in [1.807, 2.05) is 18.2 Å². The number of esters is 1. The molecule has 1 aliphatic carbocycles. The molecule has 84 valence electrons. The molecule has 0 aliphatic heterocycles. The van der Waals surface area contributed by atoms with Crippen LogP contribution in [0, 0.1) is 0 Å². The van der Waals surface area contributed by atoms with Gasteiger partial charge in [-0.3, -0.25) is 9.59 Å². The van der Waals surface area contributed by atoms with Gasteiger partial charge in [-0.15, -0.1) is 0 Å². The second-order valence-electron chi connectivity index (χ2n) is 4.31. The molecule has 0 radical (unpaired) electrons. The molecule has 1 atom stereocenters. The van der Waals surface area contributed by atoms with Crippen molar-refractivity contribution >= 4 is 11.8 Å². The first kappa shape index (κ1) is 10.9. The Morgan fingerprint density at radius 1 is 1.38 bits per heavy atom. The monoisotopic (exact) mass is 218 g/mol. The van der Waals surface area contributed by atoms with Gasteiger partial charge in [0.25, 0.3) is 0 Å². The summed E-state index contributed by atoms with van der Waals surface area (Å²) in [4.78, 5) is 23.2. The number of carbonyl (C=O) groups is 2. The van der Waals surface area contributed by atoms with Crippen molar-refractivity contribution in [2.24, 2.45) is 0 Å². The highest BCUT2D eigenvalue weighted by atomic mass is 16.6. The number of aryl methyl sites for hydroxylation is 1. The molecule has 2 rings (SSSR count). The van der Waals surface area contributed by atoms with Gasteiger partial charge in [0.1, 0.15) is 0 Å². The Morgan fingerprint density at radius 2 is 2.06 bits per heavy atom. The van der Waals surface area contributed by atoms with Crippen LogP contribution in [0.15, 0.2) is 24.3 Å². The van der Waals surface area contributed by atoms with Crippen LogP contribution in [0.2, 0.25) is 0 Å². The molecule has 0 N–H and O–H groups in total. The first-order valence-corrected chi connectivity index (χ1v) is 5.35. The first-order chi connectivity index (χ1) is 7.53. The molecule has 0 saturated heterocycles. The van der Waals surface area contributed by atoms with Crippen molar-refractivity contribution in [3.63, 3.8) is 0 Å². The van der Waals surface area contributed by atoms with Gasteiger partial charge in [0.05, 0.1) is 0 Å². The van der Waals surface area contributed by atoms with Crippen LogP contribution in [0.4, 0.5) is 0 Å². The van der Waals surface area contributed by atoms with E-state index in [0.717, 1.165) is 12.0 Å². The van der Waals surface area contributed by atoms with Crippen LogP contribution in [0.3, 0.4) is 0 Å². The molecular weight excluding hydrogens is 204 g/mol. The van der Waals surface area contributed by atoms with Crippen LogP contribution >= 0.6 is 0 Å². The molecule has 0 spiro atoms. The van der Waals surface area contributed by atoms with Crippen molar-refractivity contribution < 1.29 is 14.3 Å². The van der Waals surface area contributed by atoms with E-state index in [4.69, 9.17) is 4.74 Å². The van der Waals surface area contributed by atoms with E-state index in [9.17, 15) is 9.59 Å². The average Bonchev–Trinajstić information content (AvgIpc) is 2.24. The van der Waals surface area contributed by atoms with Gasteiger partial charge in [-0.25, -0.2) is 0 Å². The Morgan fingerprint density at radius 3 is 2.75 bits per heavy atom. The molecule has 1 aliphatic rings. The van der Waals surface area contributed by atoms with Gasteiger partial charge in [-0.05, 0) is 25.3 Å². The van der Waals surface area contributed by atoms with Gasteiger partial charge in [0.2, 0.25) is 5.78 Å². The standard InChI is InChI=1S/C13H14O3/c1-9(14)16-13(2)8-7-10-5-3-4-6-11(10)12(13)15/h3-6H,7-8H2,1-2H3/t13-/m0/s1. The first-order valence-electron chi connectivity index (χ1n) is 5.35. The van der Waals surface area contributed by atoms with Gasteiger partial charge in [-0.2, -0.15) is 0 Å². The number of ketones is 1. The summed E-state index contributed by atoms with van der Waals surface area (Å²) in [7, 11) is 0. The smallest absolute Gasteiger partial charge is 0.303 e. The minimum absolute atomic E-state index is 0.0930. The zero-order valence-electron chi connectivity index (χ0n) is 9.45. The summed E-state index contributed by atoms with van der Waals surface area (Å²) in [6, 6.07) is 7.48. The predicted molar refractivity (Wildman–Crippen MR) is 59.3 cm³/mol. The highest BCUT2D eigenvalue weighted by molar-refractivity contribution is 6.05. The minimum Gasteiger partial charge on any atom is -0.451 e. The normalized spacial score (nSPS) is 23.8. The average molecular weight is 218 g/mol. The lowest BCUT2D eigenvalue weighted by atomic mass is 9.80. The summed E-state index contributed by atoms with van der Waals surface area (Å²) in [6.07, 6.45) is 1.33. The van der Waals surface area contributed by atoms with E-state index in [0.29, 0.717) is 12.0 Å². The molecule has 0 saturated carbocycles. The SMILES string of the molecule is CC(=O)O[C@@]1(C)CCc2ccccc2C1=O. The number of hydrogen-bond acceptors (Lipinski definition) is 3. The number of fused-ring (bicyclic) bond motifs is 1. The van der Waals surface area contributed by atoms with E-state index >= 15 is 0 Å². The fourth-order valence-corrected chi connectivity index (χ4v) is 2.15. The molecule has 0 unspecified atom stereocenters. The summed E-state index contributed by atoms with van der Waals surface area (Å²) in [5.74, 6) is -0.500. The van der Waals surface area contributed by atoms with Crippen LogP contribution in [-0.4, -0.2) is 17.4 Å². The van der Waals surface area contributed by atoms with Crippen LogP contribution in [0.1, 0.15) is 36.2 Å². The van der Waals surface area contributed by atoms with Gasteiger partial charge < -0.3 is 4.74 Å². The Bertz CT molecular complexity index is 450. The number of rotatable bonds is 1. The van der Waals surface area contributed by atoms with E-state index in [1.165, 1.54) is 6.92 Å². The summed E-state index contributed by atoms with van der Waals surface area (Å²) in [5.41, 5.74) is 0.731. The maximum Gasteiger partial charge on any atom is 0.303 e. The van der Waals surface area contributed by atoms with Crippen LogP contribution in [0.5, 0.6) is 0 Å². The Hall–Kier alpha value is -1.64. The maximum absolute atomic E-state index is 12.2. The van der Waals surface area contributed by atoms with Crippen molar-refractivity contribution in [1.29, 1.82) is 0 Å². The van der Waals surface area contributed by atoms with Gasteiger partial charge in [0.15, 0.2) is 5.60 Å². The highest BCUT2D eigenvalue weighted by Gasteiger charge is 2.40. The van der Waals surface area contributed by atoms with E-state index in [-0.39, 0.29) is 5.78 Å². The Balaban J connectivity index is 2.37. The molecule has 0 bridgehead atoms. The van der Waals surface area contributed by atoms with E-state index < -0.39 is 11.6 Å².